The second kappa shape index (κ2) is 9.72. The highest BCUT2D eigenvalue weighted by molar-refractivity contribution is 7.99. The lowest BCUT2D eigenvalue weighted by molar-refractivity contribution is -0.113. The number of anilines is 1. The molecule has 1 amide bonds. The first-order chi connectivity index (χ1) is 15.0. The van der Waals surface area contributed by atoms with Crippen molar-refractivity contribution in [2.75, 3.05) is 17.3 Å². The Morgan fingerprint density at radius 2 is 1.97 bits per heavy atom. The molecular formula is C23H21N3O2S3. The van der Waals surface area contributed by atoms with Crippen LogP contribution < -0.4 is 10.9 Å². The second-order valence-electron chi connectivity index (χ2n) is 6.98. The van der Waals surface area contributed by atoms with Crippen LogP contribution in [0.4, 0.5) is 5.69 Å². The summed E-state index contributed by atoms with van der Waals surface area (Å²) in [6.45, 7) is 2.45. The summed E-state index contributed by atoms with van der Waals surface area (Å²) >= 11 is 4.30. The molecule has 1 N–H and O–H groups in total. The zero-order valence-corrected chi connectivity index (χ0v) is 19.6. The van der Waals surface area contributed by atoms with E-state index in [1.807, 2.05) is 73.2 Å². The molecule has 0 atom stereocenters. The third kappa shape index (κ3) is 5.20. The normalized spacial score (nSPS) is 11.0. The second-order valence-corrected chi connectivity index (χ2v) is 9.71. The SMILES string of the molecule is CSc1cccc(NC(=O)CSc2nc3ccsc3c(=O)n2Cc2ccc(C)cc2)c1. The maximum atomic E-state index is 13.1. The third-order valence-corrected chi connectivity index (χ3v) is 7.27. The van der Waals surface area contributed by atoms with E-state index in [9.17, 15) is 9.59 Å². The zero-order valence-electron chi connectivity index (χ0n) is 17.1. The monoisotopic (exact) mass is 467 g/mol. The van der Waals surface area contributed by atoms with Crippen molar-refractivity contribution in [1.29, 1.82) is 0 Å². The van der Waals surface area contributed by atoms with E-state index in [4.69, 9.17) is 0 Å². The minimum atomic E-state index is -0.134. The molecule has 31 heavy (non-hydrogen) atoms. The quantitative estimate of drug-likeness (QED) is 0.296. The summed E-state index contributed by atoms with van der Waals surface area (Å²) in [7, 11) is 0. The van der Waals surface area contributed by atoms with Crippen LogP contribution in [0.15, 0.2) is 74.8 Å². The number of aromatic nitrogens is 2. The van der Waals surface area contributed by atoms with Crippen molar-refractivity contribution in [2.24, 2.45) is 0 Å². The highest BCUT2D eigenvalue weighted by Gasteiger charge is 2.15. The molecule has 0 spiro atoms. The first kappa shape index (κ1) is 21.7. The van der Waals surface area contributed by atoms with Crippen LogP contribution in [0.25, 0.3) is 10.2 Å². The summed E-state index contributed by atoms with van der Waals surface area (Å²) in [5, 5.41) is 5.34. The number of carbonyl (C=O) groups excluding carboxylic acids is 1. The number of benzene rings is 2. The third-order valence-electron chi connectivity index (χ3n) is 4.68. The lowest BCUT2D eigenvalue weighted by Crippen LogP contribution is -2.24. The minimum absolute atomic E-state index is 0.0730. The van der Waals surface area contributed by atoms with Crippen LogP contribution in [-0.4, -0.2) is 27.5 Å². The fourth-order valence-electron chi connectivity index (χ4n) is 3.08. The first-order valence-electron chi connectivity index (χ1n) is 9.64. The molecular weight excluding hydrogens is 446 g/mol. The summed E-state index contributed by atoms with van der Waals surface area (Å²) < 4.78 is 2.30. The molecule has 0 bridgehead atoms. The van der Waals surface area contributed by atoms with E-state index in [2.05, 4.69) is 10.3 Å². The molecule has 2 heterocycles. The number of thioether (sulfide) groups is 2. The maximum Gasteiger partial charge on any atom is 0.272 e. The van der Waals surface area contributed by atoms with Gasteiger partial charge in [-0.15, -0.1) is 23.1 Å². The number of nitrogens with one attached hydrogen (secondary N) is 1. The lowest BCUT2D eigenvalue weighted by Gasteiger charge is -2.12. The number of aryl methyl sites for hydroxylation is 1. The molecule has 0 aliphatic rings. The van der Waals surface area contributed by atoms with Gasteiger partial charge in [0.25, 0.3) is 5.56 Å². The maximum absolute atomic E-state index is 13.1. The van der Waals surface area contributed by atoms with E-state index < -0.39 is 0 Å². The van der Waals surface area contributed by atoms with Crippen LogP contribution in [0.2, 0.25) is 0 Å². The Balaban J connectivity index is 1.56. The van der Waals surface area contributed by atoms with Crippen molar-refractivity contribution in [3.63, 3.8) is 0 Å². The summed E-state index contributed by atoms with van der Waals surface area (Å²) in [6.07, 6.45) is 2.00. The van der Waals surface area contributed by atoms with Gasteiger partial charge < -0.3 is 5.32 Å². The van der Waals surface area contributed by atoms with Gasteiger partial charge in [-0.1, -0.05) is 47.7 Å². The molecule has 0 saturated carbocycles. The predicted octanol–water partition coefficient (Wildman–Crippen LogP) is 5.27. The number of nitrogens with zero attached hydrogens (tertiary/aromatic N) is 2. The summed E-state index contributed by atoms with van der Waals surface area (Å²) in [5.74, 6) is 0.0317. The molecule has 5 nitrogen and oxygen atoms in total. The molecule has 2 aromatic heterocycles. The van der Waals surface area contributed by atoms with Crippen LogP contribution in [-0.2, 0) is 11.3 Å². The van der Waals surface area contributed by atoms with E-state index in [0.717, 1.165) is 16.1 Å². The van der Waals surface area contributed by atoms with Gasteiger partial charge in [-0.3, -0.25) is 14.2 Å². The average molecular weight is 468 g/mol. The largest absolute Gasteiger partial charge is 0.325 e. The van der Waals surface area contributed by atoms with Crippen LogP contribution in [0.3, 0.4) is 0 Å². The van der Waals surface area contributed by atoms with Crippen molar-refractivity contribution in [2.45, 2.75) is 23.5 Å². The minimum Gasteiger partial charge on any atom is -0.325 e. The molecule has 0 aliphatic heterocycles. The fourth-order valence-corrected chi connectivity index (χ4v) is 5.11. The Kier molecular flexibility index (Phi) is 6.80. The number of rotatable bonds is 7. The highest BCUT2D eigenvalue weighted by atomic mass is 32.2. The van der Waals surface area contributed by atoms with Gasteiger partial charge in [-0.05, 0) is 48.4 Å². The number of amides is 1. The summed E-state index contributed by atoms with van der Waals surface area (Å²) in [4.78, 5) is 31.4. The van der Waals surface area contributed by atoms with Gasteiger partial charge in [-0.25, -0.2) is 4.98 Å². The zero-order chi connectivity index (χ0) is 21.8. The fraction of sp³-hybridized carbons (Fsp3) is 0.174. The van der Waals surface area contributed by atoms with Crippen molar-refractivity contribution < 1.29 is 4.79 Å². The average Bonchev–Trinajstić information content (AvgIpc) is 3.25. The van der Waals surface area contributed by atoms with Crippen molar-refractivity contribution >= 4 is 56.7 Å². The molecule has 0 saturated heterocycles. The van der Waals surface area contributed by atoms with E-state index in [-0.39, 0.29) is 17.2 Å². The van der Waals surface area contributed by atoms with E-state index in [1.165, 1.54) is 28.7 Å². The van der Waals surface area contributed by atoms with Crippen molar-refractivity contribution in [3.05, 3.63) is 81.5 Å². The summed E-state index contributed by atoms with van der Waals surface area (Å²) in [5.41, 5.74) is 3.54. The number of hydrogen-bond donors (Lipinski definition) is 1. The van der Waals surface area contributed by atoms with Crippen molar-refractivity contribution in [1.82, 2.24) is 9.55 Å². The molecule has 4 rings (SSSR count). The number of fused-ring (bicyclic) bond motifs is 1. The molecule has 0 radical (unpaired) electrons. The van der Waals surface area contributed by atoms with Gasteiger partial charge in [0, 0.05) is 10.6 Å². The van der Waals surface area contributed by atoms with Gasteiger partial charge in [-0.2, -0.15) is 0 Å². The van der Waals surface area contributed by atoms with Crippen LogP contribution in [0.5, 0.6) is 0 Å². The first-order valence-corrected chi connectivity index (χ1v) is 12.7. The van der Waals surface area contributed by atoms with E-state index in [1.54, 1.807) is 16.3 Å². The van der Waals surface area contributed by atoms with Gasteiger partial charge in [0.1, 0.15) is 4.70 Å². The summed E-state index contributed by atoms with van der Waals surface area (Å²) in [6, 6.07) is 17.7. The van der Waals surface area contributed by atoms with E-state index in [0.29, 0.717) is 21.9 Å². The Morgan fingerprint density at radius 1 is 1.16 bits per heavy atom. The molecule has 8 heteroatoms. The van der Waals surface area contributed by atoms with Gasteiger partial charge in [0.2, 0.25) is 5.91 Å². The lowest BCUT2D eigenvalue weighted by atomic mass is 10.1. The van der Waals surface area contributed by atoms with Crippen LogP contribution in [0, 0.1) is 6.92 Å². The van der Waals surface area contributed by atoms with Gasteiger partial charge in [0.05, 0.1) is 17.8 Å². The van der Waals surface area contributed by atoms with Crippen LogP contribution >= 0.6 is 34.9 Å². The topological polar surface area (TPSA) is 64.0 Å². The van der Waals surface area contributed by atoms with Crippen LogP contribution in [0.1, 0.15) is 11.1 Å². The molecule has 0 unspecified atom stereocenters. The Morgan fingerprint density at radius 3 is 2.74 bits per heavy atom. The molecule has 0 fully saturated rings. The molecule has 0 aliphatic carbocycles. The molecule has 4 aromatic rings. The van der Waals surface area contributed by atoms with E-state index >= 15 is 0 Å². The smallest absolute Gasteiger partial charge is 0.272 e. The number of hydrogen-bond acceptors (Lipinski definition) is 6. The predicted molar refractivity (Wildman–Crippen MR) is 132 cm³/mol. The molecule has 2 aromatic carbocycles. The Hall–Kier alpha value is -2.55. The Labute approximate surface area is 192 Å². The molecule has 158 valence electrons. The van der Waals surface area contributed by atoms with Gasteiger partial charge in [0.15, 0.2) is 5.16 Å². The number of carbonyl (C=O) groups is 1. The van der Waals surface area contributed by atoms with Gasteiger partial charge >= 0.3 is 0 Å². The highest BCUT2D eigenvalue weighted by Crippen LogP contribution is 2.23. The Bertz CT molecular complexity index is 1280. The van der Waals surface area contributed by atoms with Crippen molar-refractivity contribution in [3.8, 4) is 0 Å². The standard InChI is InChI=1S/C23H21N3O2S3/c1-15-6-8-16(9-7-15)13-26-22(28)21-19(10-11-30-21)25-23(26)31-14-20(27)24-17-4-3-5-18(12-17)29-2/h3-12H,13-14H2,1-2H3,(H,24,27). The number of thiophene rings is 1.